The first kappa shape index (κ1) is 20.1. The first-order valence-corrected chi connectivity index (χ1v) is 8.43. The van der Waals surface area contributed by atoms with E-state index in [9.17, 15) is 19.5 Å². The van der Waals surface area contributed by atoms with Crippen molar-refractivity contribution in [1.29, 1.82) is 0 Å². The minimum Gasteiger partial charge on any atom is -0.507 e. The third kappa shape index (κ3) is 4.69. The quantitative estimate of drug-likeness (QED) is 0.614. The van der Waals surface area contributed by atoms with Crippen molar-refractivity contribution in [1.82, 2.24) is 10.6 Å². The van der Waals surface area contributed by atoms with Gasteiger partial charge in [0.15, 0.2) is 0 Å². The number of carbonyl (C=O) groups excluding carboxylic acids is 3. The summed E-state index contributed by atoms with van der Waals surface area (Å²) in [6.07, 6.45) is 0.457. The lowest BCUT2D eigenvalue weighted by Crippen LogP contribution is -2.51. The highest BCUT2D eigenvalue weighted by Gasteiger charge is 2.32. The highest BCUT2D eigenvalue weighted by molar-refractivity contribution is 5.95. The molecular formula is C18H22N2O7. The van der Waals surface area contributed by atoms with E-state index in [1.807, 2.05) is 0 Å². The number of esters is 2. The molecule has 0 aliphatic carbocycles. The molecule has 0 saturated carbocycles. The molecule has 1 aromatic carbocycles. The molecule has 0 bridgehead atoms. The number of carbonyl (C=O) groups is 3. The molecule has 3 N–H and O–H groups in total. The summed E-state index contributed by atoms with van der Waals surface area (Å²) in [6.45, 7) is 3.27. The van der Waals surface area contributed by atoms with Crippen molar-refractivity contribution in [3.8, 4) is 11.5 Å². The van der Waals surface area contributed by atoms with Crippen molar-refractivity contribution >= 4 is 18.0 Å². The second kappa shape index (κ2) is 8.93. The summed E-state index contributed by atoms with van der Waals surface area (Å²) in [4.78, 5) is 36.3. The number of nitrogens with one attached hydrogen (secondary N) is 2. The molecule has 27 heavy (non-hydrogen) atoms. The van der Waals surface area contributed by atoms with Crippen LogP contribution in [0.5, 0.6) is 11.5 Å². The maximum absolute atomic E-state index is 12.3. The third-order valence-electron chi connectivity index (χ3n) is 3.92. The van der Waals surface area contributed by atoms with E-state index in [0.29, 0.717) is 12.2 Å². The lowest BCUT2D eigenvalue weighted by Gasteiger charge is -2.28. The van der Waals surface area contributed by atoms with Gasteiger partial charge in [-0.25, -0.2) is 14.4 Å². The van der Waals surface area contributed by atoms with Gasteiger partial charge < -0.3 is 30.0 Å². The molecule has 0 fully saturated rings. The number of hydrogen-bond acceptors (Lipinski definition) is 7. The van der Waals surface area contributed by atoms with Gasteiger partial charge in [0.1, 0.15) is 23.7 Å². The number of rotatable bonds is 7. The van der Waals surface area contributed by atoms with Crippen molar-refractivity contribution in [2.24, 2.45) is 0 Å². The van der Waals surface area contributed by atoms with E-state index in [1.54, 1.807) is 13.8 Å². The number of hydrogen-bond donors (Lipinski definition) is 3. The number of urea groups is 1. The Hall–Kier alpha value is -3.23. The van der Waals surface area contributed by atoms with Crippen LogP contribution in [-0.4, -0.2) is 49.4 Å². The first-order valence-electron chi connectivity index (χ1n) is 8.43. The largest absolute Gasteiger partial charge is 0.507 e. The number of phenols is 1. The summed E-state index contributed by atoms with van der Waals surface area (Å²) >= 11 is 0. The van der Waals surface area contributed by atoms with Gasteiger partial charge in [-0.3, -0.25) is 0 Å². The van der Waals surface area contributed by atoms with E-state index >= 15 is 0 Å². The van der Waals surface area contributed by atoms with Crippen LogP contribution in [0.4, 0.5) is 4.79 Å². The molecular weight excluding hydrogens is 356 g/mol. The zero-order valence-corrected chi connectivity index (χ0v) is 15.3. The Morgan fingerprint density at radius 3 is 2.52 bits per heavy atom. The van der Waals surface area contributed by atoms with Crippen LogP contribution in [-0.2, 0) is 14.3 Å². The number of aromatic hydroxyl groups is 1. The van der Waals surface area contributed by atoms with Gasteiger partial charge in [-0.2, -0.15) is 0 Å². The molecule has 1 aromatic rings. The van der Waals surface area contributed by atoms with Crippen LogP contribution in [0, 0.1) is 0 Å². The van der Waals surface area contributed by atoms with E-state index in [1.165, 1.54) is 25.3 Å². The summed E-state index contributed by atoms with van der Waals surface area (Å²) in [5.41, 5.74) is 0.275. The van der Waals surface area contributed by atoms with Crippen molar-refractivity contribution in [2.45, 2.75) is 26.3 Å². The van der Waals surface area contributed by atoms with Crippen LogP contribution in [0.25, 0.3) is 0 Å². The average Bonchev–Trinajstić information content (AvgIpc) is 2.65. The first-order chi connectivity index (χ1) is 12.9. The number of ether oxygens (including phenoxy) is 3. The predicted molar refractivity (Wildman–Crippen MR) is 94.3 cm³/mol. The van der Waals surface area contributed by atoms with Gasteiger partial charge in [0.25, 0.3) is 0 Å². The van der Waals surface area contributed by atoms with Crippen molar-refractivity contribution < 1.29 is 33.7 Å². The second-order valence-corrected chi connectivity index (χ2v) is 5.63. The Balaban J connectivity index is 2.22. The average molecular weight is 378 g/mol. The van der Waals surface area contributed by atoms with E-state index in [-0.39, 0.29) is 35.8 Å². The summed E-state index contributed by atoms with van der Waals surface area (Å²) in [7, 11) is 1.43. The molecule has 1 heterocycles. The van der Waals surface area contributed by atoms with Gasteiger partial charge >= 0.3 is 18.0 Å². The van der Waals surface area contributed by atoms with E-state index in [0.717, 1.165) is 0 Å². The predicted octanol–water partition coefficient (Wildman–Crippen LogP) is 1.47. The molecule has 1 atom stereocenters. The maximum atomic E-state index is 12.3. The van der Waals surface area contributed by atoms with E-state index < -0.39 is 24.0 Å². The SMILES string of the molecule is CCOC(=O)C1=C(COC(=O)c2ccc(OC)cc2O)NC(=O)N[C@H]1CC. The molecule has 0 unspecified atom stereocenters. The number of amides is 2. The smallest absolute Gasteiger partial charge is 0.342 e. The Labute approximate surface area is 156 Å². The summed E-state index contributed by atoms with van der Waals surface area (Å²) in [6, 6.07) is 3.07. The Morgan fingerprint density at radius 2 is 1.93 bits per heavy atom. The molecule has 0 saturated heterocycles. The Morgan fingerprint density at radius 1 is 1.19 bits per heavy atom. The molecule has 146 valence electrons. The maximum Gasteiger partial charge on any atom is 0.342 e. The van der Waals surface area contributed by atoms with Crippen LogP contribution in [0.1, 0.15) is 30.6 Å². The minimum atomic E-state index is -0.813. The minimum absolute atomic E-state index is 0.0682. The summed E-state index contributed by atoms with van der Waals surface area (Å²) < 4.78 is 15.2. The monoisotopic (exact) mass is 378 g/mol. The molecule has 1 aliphatic rings. The molecule has 9 nitrogen and oxygen atoms in total. The Kier molecular flexibility index (Phi) is 6.64. The van der Waals surface area contributed by atoms with Gasteiger partial charge in [-0.15, -0.1) is 0 Å². The fraction of sp³-hybridized carbons (Fsp3) is 0.389. The van der Waals surface area contributed by atoms with Crippen LogP contribution >= 0.6 is 0 Å². The normalized spacial score (nSPS) is 16.3. The highest BCUT2D eigenvalue weighted by Crippen LogP contribution is 2.24. The van der Waals surface area contributed by atoms with Gasteiger partial charge in [0.05, 0.1) is 31.0 Å². The number of methoxy groups -OCH3 is 1. The highest BCUT2D eigenvalue weighted by atomic mass is 16.5. The molecule has 1 aliphatic heterocycles. The van der Waals surface area contributed by atoms with E-state index in [2.05, 4.69) is 10.6 Å². The van der Waals surface area contributed by atoms with Gasteiger partial charge in [-0.05, 0) is 25.5 Å². The molecule has 9 heteroatoms. The molecule has 2 amide bonds. The summed E-state index contributed by atoms with van der Waals surface area (Å²) in [5.74, 6) is -1.34. The molecule has 2 rings (SSSR count). The molecule has 0 radical (unpaired) electrons. The Bertz CT molecular complexity index is 773. The second-order valence-electron chi connectivity index (χ2n) is 5.63. The molecule has 0 spiro atoms. The van der Waals surface area contributed by atoms with E-state index in [4.69, 9.17) is 14.2 Å². The van der Waals surface area contributed by atoms with Crippen LogP contribution in [0.3, 0.4) is 0 Å². The summed E-state index contributed by atoms with van der Waals surface area (Å²) in [5, 5.41) is 15.0. The molecule has 0 aromatic heterocycles. The fourth-order valence-corrected chi connectivity index (χ4v) is 2.60. The standard InChI is InChI=1S/C18H22N2O7/c1-4-12-15(17(23)26-5-2)13(20-18(24)19-12)9-27-16(22)11-7-6-10(25-3)8-14(11)21/h6-8,12,21H,4-5,9H2,1-3H3,(H2,19,20,24)/t12-/m0/s1. The zero-order chi connectivity index (χ0) is 20.0. The van der Waals surface area contributed by atoms with Crippen LogP contribution in [0.15, 0.2) is 29.5 Å². The zero-order valence-electron chi connectivity index (χ0n) is 15.3. The van der Waals surface area contributed by atoms with Crippen molar-refractivity contribution in [3.63, 3.8) is 0 Å². The van der Waals surface area contributed by atoms with Crippen molar-refractivity contribution in [3.05, 3.63) is 35.0 Å². The number of phenolic OH excluding ortho intramolecular Hbond substituents is 1. The number of benzene rings is 1. The third-order valence-corrected chi connectivity index (χ3v) is 3.92. The fourth-order valence-electron chi connectivity index (χ4n) is 2.60. The topological polar surface area (TPSA) is 123 Å². The van der Waals surface area contributed by atoms with Crippen LogP contribution in [0.2, 0.25) is 0 Å². The van der Waals surface area contributed by atoms with Gasteiger partial charge in [-0.1, -0.05) is 6.92 Å². The van der Waals surface area contributed by atoms with Gasteiger partial charge in [0.2, 0.25) is 0 Å². The van der Waals surface area contributed by atoms with Gasteiger partial charge in [0, 0.05) is 6.07 Å². The van der Waals surface area contributed by atoms with Crippen LogP contribution < -0.4 is 15.4 Å². The van der Waals surface area contributed by atoms with Crippen molar-refractivity contribution in [2.75, 3.05) is 20.3 Å². The lowest BCUT2D eigenvalue weighted by atomic mass is 10.0. The lowest BCUT2D eigenvalue weighted by molar-refractivity contribution is -0.139.